The van der Waals surface area contributed by atoms with Crippen molar-refractivity contribution in [3.05, 3.63) is 75.9 Å². The predicted octanol–water partition coefficient (Wildman–Crippen LogP) is 5.90. The van der Waals surface area contributed by atoms with E-state index in [1.54, 1.807) is 39.9 Å². The van der Waals surface area contributed by atoms with Gasteiger partial charge in [-0.25, -0.2) is 4.98 Å². The average molecular weight is 383 g/mol. The maximum absolute atomic E-state index is 12.6. The van der Waals surface area contributed by atoms with Gasteiger partial charge >= 0.3 is 0 Å². The first-order valence-electron chi connectivity index (χ1n) is 7.67. The molecule has 0 aliphatic carbocycles. The Morgan fingerprint density at radius 2 is 2.08 bits per heavy atom. The minimum atomic E-state index is -0.0983. The summed E-state index contributed by atoms with van der Waals surface area (Å²) < 4.78 is 1.02. The van der Waals surface area contributed by atoms with E-state index >= 15 is 0 Å². The molecule has 1 N–H and O–H groups in total. The quantitative estimate of drug-likeness (QED) is 0.437. The number of carbonyl (C=O) groups excluding carboxylic acids is 1. The average Bonchev–Trinajstić information content (AvgIpc) is 3.31. The summed E-state index contributed by atoms with van der Waals surface area (Å²) in [5.74, 6) is 0.794. The smallest absolute Gasteiger partial charge is 0.255 e. The fraction of sp³-hybridized carbons (Fsp3) is 0.0526. The first-order valence-corrected chi connectivity index (χ1v) is 10.5. The lowest BCUT2D eigenvalue weighted by molar-refractivity contribution is 0.102. The molecule has 4 rings (SSSR count). The van der Waals surface area contributed by atoms with Gasteiger partial charge in [0.2, 0.25) is 0 Å². The van der Waals surface area contributed by atoms with Crippen LogP contribution in [0.15, 0.2) is 69.7 Å². The van der Waals surface area contributed by atoms with Crippen LogP contribution >= 0.6 is 34.4 Å². The van der Waals surface area contributed by atoms with Crippen LogP contribution in [0.1, 0.15) is 15.9 Å². The summed E-state index contributed by atoms with van der Waals surface area (Å²) in [4.78, 5) is 18.0. The van der Waals surface area contributed by atoms with Gasteiger partial charge < -0.3 is 5.32 Å². The van der Waals surface area contributed by atoms with Gasteiger partial charge in [-0.05, 0) is 52.7 Å². The van der Waals surface area contributed by atoms with Crippen LogP contribution in [-0.4, -0.2) is 10.9 Å². The predicted molar refractivity (Wildman–Crippen MR) is 108 cm³/mol. The van der Waals surface area contributed by atoms with Crippen molar-refractivity contribution in [2.45, 2.75) is 10.6 Å². The highest BCUT2D eigenvalue weighted by Crippen LogP contribution is 2.31. The Morgan fingerprint density at radius 1 is 1.16 bits per heavy atom. The molecular weight excluding hydrogens is 368 g/mol. The van der Waals surface area contributed by atoms with Crippen molar-refractivity contribution in [1.82, 2.24) is 4.98 Å². The first kappa shape index (κ1) is 16.3. The summed E-state index contributed by atoms with van der Waals surface area (Å²) in [7, 11) is 0. The molecule has 0 saturated heterocycles. The first-order chi connectivity index (χ1) is 12.3. The third kappa shape index (κ3) is 3.76. The number of hydrogen-bond donors (Lipinski definition) is 1. The number of thiophene rings is 1. The lowest BCUT2D eigenvalue weighted by Crippen LogP contribution is -2.12. The molecule has 1 amide bonds. The Bertz CT molecular complexity index is 1010. The van der Waals surface area contributed by atoms with E-state index in [0.717, 1.165) is 26.6 Å². The van der Waals surface area contributed by atoms with Gasteiger partial charge in [-0.1, -0.05) is 12.1 Å². The van der Waals surface area contributed by atoms with Crippen LogP contribution in [0.5, 0.6) is 0 Å². The Morgan fingerprint density at radius 3 is 2.96 bits per heavy atom. The van der Waals surface area contributed by atoms with Crippen LogP contribution in [0.3, 0.4) is 0 Å². The highest BCUT2D eigenvalue weighted by atomic mass is 32.2. The minimum Gasteiger partial charge on any atom is -0.321 e. The Labute approximate surface area is 157 Å². The molecule has 25 heavy (non-hydrogen) atoms. The van der Waals surface area contributed by atoms with Gasteiger partial charge in [0.25, 0.3) is 5.91 Å². The Kier molecular flexibility index (Phi) is 4.83. The molecular formula is C19H14N2OS3. The number of amides is 1. The second-order valence-electron chi connectivity index (χ2n) is 5.41. The summed E-state index contributed by atoms with van der Waals surface area (Å²) in [6.45, 7) is 0. The molecule has 4 aromatic rings. The van der Waals surface area contributed by atoms with E-state index in [2.05, 4.69) is 27.1 Å². The zero-order chi connectivity index (χ0) is 17.1. The molecule has 3 nitrogen and oxygen atoms in total. The zero-order valence-electron chi connectivity index (χ0n) is 13.1. The second-order valence-corrected chi connectivity index (χ2v) is 8.09. The maximum atomic E-state index is 12.6. The van der Waals surface area contributed by atoms with Crippen LogP contribution in [0.25, 0.3) is 10.2 Å². The number of thioether (sulfide) groups is 1. The van der Waals surface area contributed by atoms with Crippen molar-refractivity contribution in [2.24, 2.45) is 0 Å². The van der Waals surface area contributed by atoms with E-state index < -0.39 is 0 Å². The van der Waals surface area contributed by atoms with Crippen LogP contribution in [0.4, 0.5) is 5.69 Å². The molecule has 124 valence electrons. The number of thiazole rings is 1. The third-order valence-corrected chi connectivity index (χ3v) is 6.37. The molecule has 0 spiro atoms. The molecule has 0 unspecified atom stereocenters. The van der Waals surface area contributed by atoms with Crippen LogP contribution < -0.4 is 5.32 Å². The molecule has 2 aromatic heterocycles. The number of nitrogens with one attached hydrogen (secondary N) is 1. The van der Waals surface area contributed by atoms with Gasteiger partial charge in [0.05, 0.1) is 21.4 Å². The van der Waals surface area contributed by atoms with Crippen molar-refractivity contribution >= 4 is 56.2 Å². The van der Waals surface area contributed by atoms with Gasteiger partial charge in [0.15, 0.2) is 0 Å². The molecule has 0 saturated carbocycles. The molecule has 0 aliphatic rings. The Hall–Kier alpha value is -2.15. The van der Waals surface area contributed by atoms with Gasteiger partial charge in [-0.2, -0.15) is 11.3 Å². The van der Waals surface area contributed by atoms with E-state index in [4.69, 9.17) is 0 Å². The normalized spacial score (nSPS) is 10.9. The minimum absolute atomic E-state index is 0.0983. The van der Waals surface area contributed by atoms with E-state index in [0.29, 0.717) is 5.56 Å². The molecule has 0 fully saturated rings. The summed E-state index contributed by atoms with van der Waals surface area (Å²) in [6.07, 6.45) is 0. The molecule has 2 heterocycles. The highest BCUT2D eigenvalue weighted by Gasteiger charge is 2.11. The molecule has 0 atom stereocenters. The van der Waals surface area contributed by atoms with Crippen molar-refractivity contribution in [2.75, 3.05) is 5.32 Å². The zero-order valence-corrected chi connectivity index (χ0v) is 15.6. The monoisotopic (exact) mass is 382 g/mol. The number of para-hydroxylation sites is 1. The lowest BCUT2D eigenvalue weighted by Gasteiger charge is -2.10. The number of fused-ring (bicyclic) bond motifs is 1. The SMILES string of the molecule is O=C(Nc1ccccc1SCc1ccsc1)c1ccc2ncsc2c1. The molecule has 0 aliphatic heterocycles. The molecule has 6 heteroatoms. The van der Waals surface area contributed by atoms with Crippen molar-refractivity contribution in [1.29, 1.82) is 0 Å². The van der Waals surface area contributed by atoms with Crippen molar-refractivity contribution < 1.29 is 4.79 Å². The number of rotatable bonds is 5. The number of aromatic nitrogens is 1. The number of anilines is 1. The summed E-state index contributed by atoms with van der Waals surface area (Å²) in [5.41, 5.74) is 5.51. The van der Waals surface area contributed by atoms with Gasteiger partial charge in [-0.3, -0.25) is 4.79 Å². The van der Waals surface area contributed by atoms with Crippen LogP contribution in [0, 0.1) is 0 Å². The number of carbonyl (C=O) groups is 1. The number of hydrogen-bond acceptors (Lipinski definition) is 5. The maximum Gasteiger partial charge on any atom is 0.255 e. The summed E-state index contributed by atoms with van der Waals surface area (Å²) >= 11 is 4.97. The summed E-state index contributed by atoms with van der Waals surface area (Å²) in [5, 5.41) is 7.27. The van der Waals surface area contributed by atoms with Gasteiger partial charge in [-0.15, -0.1) is 23.1 Å². The number of benzene rings is 2. The Balaban J connectivity index is 1.52. The van der Waals surface area contributed by atoms with Gasteiger partial charge in [0, 0.05) is 16.2 Å². The third-order valence-electron chi connectivity index (χ3n) is 3.70. The fourth-order valence-electron chi connectivity index (χ4n) is 2.42. The van der Waals surface area contributed by atoms with Crippen LogP contribution in [-0.2, 0) is 5.75 Å². The standard InChI is InChI=1S/C19H14N2OS3/c22-19(14-5-6-15-18(9-14)25-12-20-15)21-16-3-1-2-4-17(16)24-11-13-7-8-23-10-13/h1-10,12H,11H2,(H,21,22). The van der Waals surface area contributed by atoms with E-state index in [9.17, 15) is 4.79 Å². The number of nitrogens with zero attached hydrogens (tertiary/aromatic N) is 1. The van der Waals surface area contributed by atoms with E-state index in [1.165, 1.54) is 5.56 Å². The van der Waals surface area contributed by atoms with Crippen LogP contribution in [0.2, 0.25) is 0 Å². The highest BCUT2D eigenvalue weighted by molar-refractivity contribution is 7.98. The van der Waals surface area contributed by atoms with Gasteiger partial charge in [0.1, 0.15) is 0 Å². The van der Waals surface area contributed by atoms with Crippen molar-refractivity contribution in [3.63, 3.8) is 0 Å². The van der Waals surface area contributed by atoms with Crippen molar-refractivity contribution in [3.8, 4) is 0 Å². The van der Waals surface area contributed by atoms with E-state index in [1.807, 2.05) is 42.5 Å². The molecule has 2 aromatic carbocycles. The molecule has 0 bridgehead atoms. The summed E-state index contributed by atoms with van der Waals surface area (Å²) in [6, 6.07) is 15.6. The lowest BCUT2D eigenvalue weighted by atomic mass is 10.2. The largest absolute Gasteiger partial charge is 0.321 e. The second kappa shape index (κ2) is 7.39. The molecule has 0 radical (unpaired) electrons. The topological polar surface area (TPSA) is 42.0 Å². The van der Waals surface area contributed by atoms with E-state index in [-0.39, 0.29) is 5.91 Å². The fourth-order valence-corrected chi connectivity index (χ4v) is 4.86.